The normalized spacial score (nSPS) is 23.2. The molecule has 0 saturated heterocycles. The van der Waals surface area contributed by atoms with Gasteiger partial charge in [0.05, 0.1) is 16.7 Å². The van der Waals surface area contributed by atoms with E-state index in [1.54, 1.807) is 0 Å². The van der Waals surface area contributed by atoms with Crippen LogP contribution < -0.4 is 10.5 Å². The van der Waals surface area contributed by atoms with Crippen LogP contribution in [0.5, 0.6) is 0 Å². The predicted octanol–water partition coefficient (Wildman–Crippen LogP) is 1.55. The number of rotatable bonds is 4. The van der Waals surface area contributed by atoms with Crippen LogP contribution in [0.3, 0.4) is 0 Å². The smallest absolute Gasteiger partial charge is 0.240 e. The van der Waals surface area contributed by atoms with Crippen LogP contribution in [0.4, 0.5) is 10.1 Å². The molecule has 1 fully saturated rings. The second kappa shape index (κ2) is 6.29. The van der Waals surface area contributed by atoms with E-state index in [0.29, 0.717) is 12.0 Å². The fourth-order valence-electron chi connectivity index (χ4n) is 2.71. The number of halogens is 1. The molecule has 1 aliphatic carbocycles. The van der Waals surface area contributed by atoms with Crippen LogP contribution in [0.15, 0.2) is 17.0 Å². The number of hydrogen-bond acceptors (Lipinski definition) is 4. The molecule has 0 aromatic heterocycles. The van der Waals surface area contributed by atoms with Crippen molar-refractivity contribution in [2.75, 3.05) is 12.3 Å². The number of sulfonamides is 1. The number of aryl methyl sites for hydroxylation is 1. The molecule has 0 spiro atoms. The fraction of sp³-hybridized carbons (Fsp3) is 0.571. The van der Waals surface area contributed by atoms with Gasteiger partial charge in [0.1, 0.15) is 5.82 Å². The van der Waals surface area contributed by atoms with E-state index in [2.05, 4.69) is 4.72 Å². The highest BCUT2D eigenvalue weighted by Crippen LogP contribution is 2.25. The van der Waals surface area contributed by atoms with Crippen molar-refractivity contribution in [1.29, 1.82) is 0 Å². The molecule has 7 heteroatoms. The molecule has 0 aliphatic heterocycles. The number of hydrogen-bond donors (Lipinski definition) is 3. The van der Waals surface area contributed by atoms with Crippen LogP contribution in [0, 0.1) is 18.7 Å². The summed E-state index contributed by atoms with van der Waals surface area (Å²) in [4.78, 5) is -0.00208. The third-order valence-electron chi connectivity index (χ3n) is 3.90. The molecule has 5 nitrogen and oxygen atoms in total. The number of aliphatic hydroxyl groups is 1. The molecule has 1 aromatic carbocycles. The number of nitrogen functional groups attached to an aromatic ring is 1. The van der Waals surface area contributed by atoms with Gasteiger partial charge in [0.15, 0.2) is 0 Å². The van der Waals surface area contributed by atoms with Crippen molar-refractivity contribution in [1.82, 2.24) is 4.72 Å². The summed E-state index contributed by atoms with van der Waals surface area (Å²) in [6, 6.07) is 2.26. The molecule has 1 aromatic rings. The highest BCUT2D eigenvalue weighted by Gasteiger charge is 2.24. The van der Waals surface area contributed by atoms with Crippen molar-refractivity contribution in [3.05, 3.63) is 23.5 Å². The van der Waals surface area contributed by atoms with Gasteiger partial charge >= 0.3 is 0 Å². The molecule has 21 heavy (non-hydrogen) atoms. The van der Waals surface area contributed by atoms with Gasteiger partial charge in [-0.05, 0) is 49.8 Å². The van der Waals surface area contributed by atoms with Crippen LogP contribution in [0.2, 0.25) is 0 Å². The van der Waals surface area contributed by atoms with Crippen molar-refractivity contribution in [2.45, 2.75) is 43.6 Å². The quantitative estimate of drug-likeness (QED) is 0.735. The lowest BCUT2D eigenvalue weighted by Gasteiger charge is -2.26. The van der Waals surface area contributed by atoms with E-state index in [-0.39, 0.29) is 29.1 Å². The molecule has 0 heterocycles. The lowest BCUT2D eigenvalue weighted by atomic mass is 9.87. The summed E-state index contributed by atoms with van der Waals surface area (Å²) in [7, 11) is -3.73. The van der Waals surface area contributed by atoms with Gasteiger partial charge in [0.2, 0.25) is 10.0 Å². The lowest BCUT2D eigenvalue weighted by Crippen LogP contribution is -2.33. The molecule has 118 valence electrons. The van der Waals surface area contributed by atoms with Crippen LogP contribution in [0.25, 0.3) is 0 Å². The first-order chi connectivity index (χ1) is 9.79. The summed E-state index contributed by atoms with van der Waals surface area (Å²) in [5, 5.41) is 9.60. The summed E-state index contributed by atoms with van der Waals surface area (Å²) in [5.74, 6) is -0.497. The Bertz CT molecular complexity index is 619. The summed E-state index contributed by atoms with van der Waals surface area (Å²) >= 11 is 0. The molecule has 0 bridgehead atoms. The van der Waals surface area contributed by atoms with E-state index in [9.17, 15) is 17.9 Å². The van der Waals surface area contributed by atoms with E-state index in [4.69, 9.17) is 5.73 Å². The first kappa shape index (κ1) is 16.2. The maximum absolute atomic E-state index is 13.3. The second-order valence-electron chi connectivity index (χ2n) is 5.68. The van der Waals surface area contributed by atoms with Crippen LogP contribution >= 0.6 is 0 Å². The van der Waals surface area contributed by atoms with Crippen molar-refractivity contribution in [3.63, 3.8) is 0 Å². The number of nitrogens with one attached hydrogen (secondary N) is 1. The van der Waals surface area contributed by atoms with Gasteiger partial charge in [-0.25, -0.2) is 17.5 Å². The Morgan fingerprint density at radius 2 is 2.14 bits per heavy atom. The number of benzene rings is 1. The van der Waals surface area contributed by atoms with Gasteiger partial charge in [-0.1, -0.05) is 6.42 Å². The van der Waals surface area contributed by atoms with Crippen molar-refractivity contribution in [2.24, 2.45) is 5.92 Å². The van der Waals surface area contributed by atoms with Gasteiger partial charge in [-0.3, -0.25) is 0 Å². The zero-order chi connectivity index (χ0) is 15.6. The zero-order valence-electron chi connectivity index (χ0n) is 12.0. The lowest BCUT2D eigenvalue weighted by molar-refractivity contribution is 0.102. The monoisotopic (exact) mass is 316 g/mol. The molecular weight excluding hydrogens is 295 g/mol. The number of anilines is 1. The topological polar surface area (TPSA) is 92.4 Å². The van der Waals surface area contributed by atoms with Gasteiger partial charge < -0.3 is 10.8 Å². The van der Waals surface area contributed by atoms with Gasteiger partial charge in [-0.15, -0.1) is 0 Å². The Labute approximate surface area is 124 Å². The molecular formula is C14H21FN2O3S. The van der Waals surface area contributed by atoms with Gasteiger partial charge in [-0.2, -0.15) is 0 Å². The van der Waals surface area contributed by atoms with E-state index < -0.39 is 15.8 Å². The van der Waals surface area contributed by atoms with E-state index in [1.165, 1.54) is 6.92 Å². The van der Waals surface area contributed by atoms with Crippen LogP contribution in [-0.4, -0.2) is 26.2 Å². The minimum absolute atomic E-state index is 0.00208. The fourth-order valence-corrected chi connectivity index (χ4v) is 4.09. The summed E-state index contributed by atoms with van der Waals surface area (Å²) in [6.07, 6.45) is 2.82. The highest BCUT2D eigenvalue weighted by atomic mass is 32.2. The van der Waals surface area contributed by atoms with Crippen molar-refractivity contribution >= 4 is 15.7 Å². The van der Waals surface area contributed by atoms with Crippen LogP contribution in [-0.2, 0) is 10.0 Å². The minimum Gasteiger partial charge on any atom is -0.396 e. The van der Waals surface area contributed by atoms with Crippen LogP contribution in [0.1, 0.15) is 31.2 Å². The predicted molar refractivity (Wildman–Crippen MR) is 78.7 cm³/mol. The maximum atomic E-state index is 13.3. The molecule has 1 aliphatic rings. The minimum atomic E-state index is -3.73. The molecule has 4 N–H and O–H groups in total. The number of aliphatic hydroxyl groups excluding tert-OH is 1. The average Bonchev–Trinajstić information content (AvgIpc) is 2.41. The third-order valence-corrected chi connectivity index (χ3v) is 5.47. The Hall–Kier alpha value is -1.18. The molecule has 0 amide bonds. The Balaban J connectivity index is 2.10. The summed E-state index contributed by atoms with van der Waals surface area (Å²) in [5.41, 5.74) is 5.57. The van der Waals surface area contributed by atoms with Crippen molar-refractivity contribution in [3.8, 4) is 0 Å². The van der Waals surface area contributed by atoms with E-state index in [1.807, 2.05) is 0 Å². The summed E-state index contributed by atoms with van der Waals surface area (Å²) < 4.78 is 40.4. The molecule has 2 atom stereocenters. The second-order valence-corrected chi connectivity index (χ2v) is 7.41. The summed E-state index contributed by atoms with van der Waals surface area (Å²) in [6.45, 7) is 1.80. The third kappa shape index (κ3) is 3.93. The molecule has 2 rings (SSSR count). The molecule has 1 saturated carbocycles. The molecule has 0 radical (unpaired) electrons. The van der Waals surface area contributed by atoms with E-state index >= 15 is 0 Å². The first-order valence-electron chi connectivity index (χ1n) is 7.03. The average molecular weight is 316 g/mol. The maximum Gasteiger partial charge on any atom is 0.240 e. The largest absolute Gasteiger partial charge is 0.396 e. The van der Waals surface area contributed by atoms with Gasteiger partial charge in [0, 0.05) is 6.54 Å². The molecule has 2 unspecified atom stereocenters. The first-order valence-corrected chi connectivity index (χ1v) is 8.51. The van der Waals surface area contributed by atoms with E-state index in [0.717, 1.165) is 31.4 Å². The zero-order valence-corrected chi connectivity index (χ0v) is 12.8. The standard InChI is InChI=1S/C14H21FN2O3S/c1-9-5-12(15)13(16)7-14(9)21(19,20)17-8-10-3-2-4-11(18)6-10/h5,7,10-11,17-18H,2-4,6,8,16H2,1H3. The van der Waals surface area contributed by atoms with Crippen molar-refractivity contribution < 1.29 is 17.9 Å². The number of nitrogens with two attached hydrogens (primary N) is 1. The Morgan fingerprint density at radius 3 is 2.81 bits per heavy atom. The highest BCUT2D eigenvalue weighted by molar-refractivity contribution is 7.89. The van der Waals surface area contributed by atoms with Gasteiger partial charge in [0.25, 0.3) is 0 Å². The Morgan fingerprint density at radius 1 is 1.43 bits per heavy atom. The Kier molecular flexibility index (Phi) is 4.85. The SMILES string of the molecule is Cc1cc(F)c(N)cc1S(=O)(=O)NCC1CCCC(O)C1.